The van der Waals surface area contributed by atoms with Crippen molar-refractivity contribution in [3.8, 4) is 0 Å². The summed E-state index contributed by atoms with van der Waals surface area (Å²) in [5.74, 6) is -0.0173. The minimum Gasteiger partial charge on any atom is -0.354 e. The molecular weight excluding hydrogens is 921 g/mol. The number of anilines is 10. The maximum absolute atomic E-state index is 12.6. The number of nitrogens with zero attached hydrogens (tertiary/aromatic N) is 6. The summed E-state index contributed by atoms with van der Waals surface area (Å²) in [6.45, 7) is 4.36. The zero-order chi connectivity index (χ0) is 46.5. The van der Waals surface area contributed by atoms with Gasteiger partial charge in [-0.3, -0.25) is 18.2 Å². The number of aromatic nitrogens is 6. The first-order chi connectivity index (χ1) is 30.1. The van der Waals surface area contributed by atoms with E-state index >= 15 is 0 Å². The molecule has 0 spiro atoms. The highest BCUT2D eigenvalue weighted by atomic mass is 32.2. The van der Waals surface area contributed by atoms with Crippen molar-refractivity contribution in [1.82, 2.24) is 29.9 Å². The third kappa shape index (κ3) is 12.4. The quantitative estimate of drug-likeness (QED) is 0.0398. The van der Waals surface area contributed by atoms with Crippen molar-refractivity contribution in [3.63, 3.8) is 0 Å². The summed E-state index contributed by atoms with van der Waals surface area (Å²) in [6.07, 6.45) is 2.39. The highest BCUT2D eigenvalue weighted by Crippen LogP contribution is 2.29. The number of benzene rings is 4. The molecule has 10 N–H and O–H groups in total. The lowest BCUT2D eigenvalue weighted by atomic mass is 10.1. The van der Waals surface area contributed by atoms with Gasteiger partial charge in [0.1, 0.15) is 9.79 Å². The summed E-state index contributed by atoms with van der Waals surface area (Å²) < 4.78 is 135. The Morgan fingerprint density at radius 2 is 0.688 bits per heavy atom. The lowest BCUT2D eigenvalue weighted by Gasteiger charge is -2.13. The summed E-state index contributed by atoms with van der Waals surface area (Å²) in [7, 11) is -18.7. The summed E-state index contributed by atoms with van der Waals surface area (Å²) in [6, 6.07) is 17.6. The molecule has 0 saturated carbocycles. The smallest absolute Gasteiger partial charge is 0.295 e. The number of hydrogen-bond acceptors (Lipinski definition) is 20. The third-order valence-corrected chi connectivity index (χ3v) is 11.8. The van der Waals surface area contributed by atoms with Crippen LogP contribution in [0, 0.1) is 0 Å². The van der Waals surface area contributed by atoms with Crippen LogP contribution in [0.2, 0.25) is 0 Å². The van der Waals surface area contributed by atoms with Crippen molar-refractivity contribution in [1.29, 1.82) is 0 Å². The molecule has 0 atom stereocenters. The van der Waals surface area contributed by atoms with Crippen molar-refractivity contribution < 1.29 is 51.9 Å². The van der Waals surface area contributed by atoms with E-state index in [1.54, 1.807) is 13.8 Å². The molecule has 0 unspecified atom stereocenters. The normalized spacial score (nSPS) is 12.2. The van der Waals surface area contributed by atoms with Crippen molar-refractivity contribution in [3.05, 3.63) is 96.1 Å². The van der Waals surface area contributed by atoms with Gasteiger partial charge in [0.15, 0.2) is 0 Å². The number of nitrogens with one attached hydrogen (secondary N) is 6. The van der Waals surface area contributed by atoms with Gasteiger partial charge in [-0.15, -0.1) is 0 Å². The van der Waals surface area contributed by atoms with Gasteiger partial charge in [0.2, 0.25) is 35.7 Å². The first kappa shape index (κ1) is 46.6. The lowest BCUT2D eigenvalue weighted by molar-refractivity contribution is 0.480. The van der Waals surface area contributed by atoms with Crippen LogP contribution in [0.25, 0.3) is 12.2 Å². The van der Waals surface area contributed by atoms with Crippen LogP contribution in [0.3, 0.4) is 0 Å². The molecule has 0 saturated heterocycles. The fourth-order valence-electron chi connectivity index (χ4n) is 5.51. The lowest BCUT2D eigenvalue weighted by Crippen LogP contribution is -2.10. The first-order valence-electron chi connectivity index (χ1n) is 18.2. The molecule has 2 heterocycles. The van der Waals surface area contributed by atoms with Gasteiger partial charge in [0.05, 0.1) is 9.79 Å². The molecule has 6 rings (SSSR count). The first-order valence-corrected chi connectivity index (χ1v) is 24.0. The molecule has 0 amide bonds. The molecule has 0 fully saturated rings. The van der Waals surface area contributed by atoms with E-state index in [1.165, 1.54) is 60.7 Å². The molecule has 6 aromatic rings. The zero-order valence-corrected chi connectivity index (χ0v) is 36.3. The van der Waals surface area contributed by atoms with Gasteiger partial charge in [0.25, 0.3) is 40.5 Å². The third-order valence-electron chi connectivity index (χ3n) is 8.29. The fourth-order valence-corrected chi connectivity index (χ4v) is 7.89. The summed E-state index contributed by atoms with van der Waals surface area (Å²) in [5, 5.41) is 17.3. The Bertz CT molecular complexity index is 2980. The molecular formula is C36H36N12O12S4. The minimum atomic E-state index is -4.92. The Labute approximate surface area is 365 Å². The SMILES string of the molecule is CCNc1nc(Nc2ccc(S(=O)(=O)O)cc2)nc(Nc2ccc(/C=C/c3ccc(Nc4nc(NCC)nc(Nc5ccc(S(=O)(=O)O)cc5)n4)cc3S(=O)(=O)O)c(S(=O)(=O)O)c2)n1. The Morgan fingerprint density at radius 3 is 0.969 bits per heavy atom. The second-order valence-corrected chi connectivity index (χ2v) is 18.6. The maximum Gasteiger partial charge on any atom is 0.295 e. The molecule has 0 bridgehead atoms. The van der Waals surface area contributed by atoms with E-state index in [4.69, 9.17) is 0 Å². The minimum absolute atomic E-state index is 0.0176. The molecule has 0 aliphatic carbocycles. The van der Waals surface area contributed by atoms with Crippen LogP contribution in [0.15, 0.2) is 105 Å². The van der Waals surface area contributed by atoms with E-state index in [-0.39, 0.29) is 68.0 Å². The monoisotopic (exact) mass is 956 g/mol. The van der Waals surface area contributed by atoms with E-state index < -0.39 is 50.3 Å². The molecule has 24 nitrogen and oxygen atoms in total. The highest BCUT2D eigenvalue weighted by Gasteiger charge is 2.20. The van der Waals surface area contributed by atoms with Gasteiger partial charge in [-0.1, -0.05) is 24.3 Å². The second kappa shape index (κ2) is 18.8. The molecule has 0 aliphatic rings. The van der Waals surface area contributed by atoms with Crippen LogP contribution in [0.5, 0.6) is 0 Å². The Balaban J connectivity index is 1.25. The van der Waals surface area contributed by atoms with Crippen LogP contribution in [0.1, 0.15) is 25.0 Å². The Hall–Kier alpha value is -6.92. The zero-order valence-electron chi connectivity index (χ0n) is 33.0. The molecule has 4 aromatic carbocycles. The Morgan fingerprint density at radius 1 is 0.406 bits per heavy atom. The van der Waals surface area contributed by atoms with Crippen molar-refractivity contribution in [2.45, 2.75) is 33.4 Å². The van der Waals surface area contributed by atoms with Gasteiger partial charge in [-0.2, -0.15) is 63.6 Å². The van der Waals surface area contributed by atoms with Gasteiger partial charge >= 0.3 is 0 Å². The molecule has 336 valence electrons. The van der Waals surface area contributed by atoms with E-state index in [1.807, 2.05) is 0 Å². The van der Waals surface area contributed by atoms with Gasteiger partial charge in [0, 0.05) is 35.8 Å². The Kier molecular flexibility index (Phi) is 13.7. The van der Waals surface area contributed by atoms with Gasteiger partial charge in [-0.05, 0) is 97.8 Å². The van der Waals surface area contributed by atoms with E-state index in [2.05, 4.69) is 61.8 Å². The summed E-state index contributed by atoms with van der Waals surface area (Å²) in [4.78, 5) is 23.7. The molecule has 64 heavy (non-hydrogen) atoms. The standard InChI is InChI=1S/C36H36N12O12S4/c1-3-37-31-43-33(39-23-11-15-27(16-12-23)61(49,50)51)47-35(45-31)41-25-9-7-21(29(19-25)63(55,56)57)5-6-22-8-10-26(20-30(22)64(58,59)60)42-36-46-32(38-4-2)44-34(48-36)40-24-13-17-28(18-14-24)62(52,53)54/h5-20H,3-4H2,1-2H3,(H,49,50,51)(H,52,53,54)(H,55,56,57)(H,58,59,60)(H3,37,39,41,43,45,47)(H3,38,40,42,44,46,48)/b6-5+. The largest absolute Gasteiger partial charge is 0.354 e. The van der Waals surface area contributed by atoms with Crippen LogP contribution in [-0.2, 0) is 40.5 Å². The summed E-state index contributed by atoms with van der Waals surface area (Å²) in [5.41, 5.74) is 0.669. The molecule has 0 aliphatic heterocycles. The predicted octanol–water partition coefficient (Wildman–Crippen LogP) is 5.05. The molecule has 0 radical (unpaired) electrons. The average molecular weight is 957 g/mol. The highest BCUT2D eigenvalue weighted by molar-refractivity contribution is 7.86. The topological polar surface area (TPSA) is 367 Å². The van der Waals surface area contributed by atoms with Crippen LogP contribution in [-0.4, -0.2) is 94.9 Å². The van der Waals surface area contributed by atoms with Crippen molar-refractivity contribution in [2.24, 2.45) is 0 Å². The molecule has 28 heteroatoms. The average Bonchev–Trinajstić information content (AvgIpc) is 3.20. The predicted molar refractivity (Wildman–Crippen MR) is 235 cm³/mol. The van der Waals surface area contributed by atoms with Crippen LogP contribution >= 0.6 is 0 Å². The van der Waals surface area contributed by atoms with Gasteiger partial charge < -0.3 is 31.9 Å². The molecule has 2 aromatic heterocycles. The number of hydrogen-bond donors (Lipinski definition) is 10. The summed E-state index contributed by atoms with van der Waals surface area (Å²) >= 11 is 0. The second-order valence-electron chi connectivity index (χ2n) is 13.0. The van der Waals surface area contributed by atoms with Crippen molar-refractivity contribution >= 4 is 111 Å². The van der Waals surface area contributed by atoms with Crippen LogP contribution in [0.4, 0.5) is 58.4 Å². The fraction of sp³-hybridized carbons (Fsp3) is 0.111. The van der Waals surface area contributed by atoms with Crippen LogP contribution < -0.4 is 31.9 Å². The maximum atomic E-state index is 12.6. The number of rotatable bonds is 18. The van der Waals surface area contributed by atoms with E-state index in [0.29, 0.717) is 24.5 Å². The van der Waals surface area contributed by atoms with Gasteiger partial charge in [-0.25, -0.2) is 0 Å². The van der Waals surface area contributed by atoms with E-state index in [9.17, 15) is 51.9 Å². The van der Waals surface area contributed by atoms with Crippen molar-refractivity contribution in [2.75, 3.05) is 45.0 Å². The van der Waals surface area contributed by atoms with E-state index in [0.717, 1.165) is 36.4 Å².